The third-order valence-electron chi connectivity index (χ3n) is 3.76. The summed E-state index contributed by atoms with van der Waals surface area (Å²) in [6.07, 6.45) is 4.89. The number of likely N-dealkylation sites (tertiary alicyclic amines) is 2. The largest absolute Gasteiger partial charge is 0.342 e. The van der Waals surface area contributed by atoms with Gasteiger partial charge in [-0.3, -0.25) is 9.59 Å². The summed E-state index contributed by atoms with van der Waals surface area (Å²) >= 11 is 0. The molecule has 2 aliphatic rings. The van der Waals surface area contributed by atoms with E-state index >= 15 is 0 Å². The maximum atomic E-state index is 11.3. The zero-order chi connectivity index (χ0) is 15.8. The molecule has 4 nitrogen and oxygen atoms in total. The highest BCUT2D eigenvalue weighted by molar-refractivity contribution is 5.78. The number of piperidine rings is 1. The van der Waals surface area contributed by atoms with Crippen molar-refractivity contribution in [3.05, 3.63) is 0 Å². The van der Waals surface area contributed by atoms with E-state index in [1.54, 1.807) is 0 Å². The Labute approximate surface area is 129 Å². The second-order valence-electron chi connectivity index (χ2n) is 7.03. The van der Waals surface area contributed by atoms with Gasteiger partial charge in [-0.2, -0.15) is 0 Å². The third-order valence-corrected chi connectivity index (χ3v) is 3.76. The molecule has 21 heavy (non-hydrogen) atoms. The van der Waals surface area contributed by atoms with E-state index in [9.17, 15) is 9.59 Å². The molecule has 2 rings (SSSR count). The Bertz CT molecular complexity index is 340. The first-order chi connectivity index (χ1) is 9.90. The molecule has 0 bridgehead atoms. The Hall–Kier alpha value is -1.06. The summed E-state index contributed by atoms with van der Waals surface area (Å²) in [4.78, 5) is 26.2. The van der Waals surface area contributed by atoms with E-state index in [0.29, 0.717) is 23.7 Å². The van der Waals surface area contributed by atoms with Crippen LogP contribution < -0.4 is 0 Å². The minimum atomic E-state index is 0.341. The summed E-state index contributed by atoms with van der Waals surface area (Å²) in [5, 5.41) is 0. The number of hydrogen-bond acceptors (Lipinski definition) is 2. The molecule has 0 aliphatic carbocycles. The quantitative estimate of drug-likeness (QED) is 0.800. The smallest absolute Gasteiger partial charge is 0.222 e. The molecule has 0 radical (unpaired) electrons. The van der Waals surface area contributed by atoms with E-state index in [4.69, 9.17) is 0 Å². The Kier molecular flexibility index (Phi) is 7.76. The van der Waals surface area contributed by atoms with Crippen LogP contribution in [-0.2, 0) is 9.59 Å². The van der Waals surface area contributed by atoms with Gasteiger partial charge in [0.2, 0.25) is 11.8 Å². The van der Waals surface area contributed by atoms with Crippen LogP contribution in [0.2, 0.25) is 0 Å². The van der Waals surface area contributed by atoms with Gasteiger partial charge in [0.25, 0.3) is 0 Å². The van der Waals surface area contributed by atoms with E-state index in [1.165, 1.54) is 6.42 Å². The molecule has 122 valence electrons. The van der Waals surface area contributed by atoms with E-state index in [1.807, 2.05) is 9.80 Å². The number of rotatable bonds is 4. The lowest BCUT2D eigenvalue weighted by atomic mass is 10.1. The molecule has 0 unspecified atom stereocenters. The molecule has 0 spiro atoms. The SMILES string of the molecule is CC(C)CN1CCCC1=O.CC(C)CN1CCCCC1=O. The maximum Gasteiger partial charge on any atom is 0.222 e. The highest BCUT2D eigenvalue weighted by atomic mass is 16.2. The van der Waals surface area contributed by atoms with Gasteiger partial charge in [-0.15, -0.1) is 0 Å². The Morgan fingerprint density at radius 1 is 0.762 bits per heavy atom. The normalized spacial score (nSPS) is 19.3. The summed E-state index contributed by atoms with van der Waals surface area (Å²) in [7, 11) is 0. The first kappa shape index (κ1) is 18.0. The molecule has 2 fully saturated rings. The van der Waals surface area contributed by atoms with Crippen molar-refractivity contribution in [1.82, 2.24) is 9.80 Å². The van der Waals surface area contributed by atoms with Crippen LogP contribution >= 0.6 is 0 Å². The molecule has 0 atom stereocenters. The second kappa shape index (κ2) is 9.06. The predicted molar refractivity (Wildman–Crippen MR) is 85.9 cm³/mol. The van der Waals surface area contributed by atoms with Crippen LogP contribution in [0, 0.1) is 11.8 Å². The lowest BCUT2D eigenvalue weighted by Gasteiger charge is -2.28. The number of amides is 2. The predicted octanol–water partition coefficient (Wildman–Crippen LogP) is 2.92. The molecular formula is C17H32N2O2. The van der Waals surface area contributed by atoms with Gasteiger partial charge < -0.3 is 9.80 Å². The highest BCUT2D eigenvalue weighted by Gasteiger charge is 2.20. The monoisotopic (exact) mass is 296 g/mol. The Balaban J connectivity index is 0.000000211. The van der Waals surface area contributed by atoms with Gasteiger partial charge in [0.1, 0.15) is 0 Å². The van der Waals surface area contributed by atoms with Crippen molar-refractivity contribution in [2.45, 2.75) is 59.8 Å². The minimum absolute atomic E-state index is 0.341. The highest BCUT2D eigenvalue weighted by Crippen LogP contribution is 2.12. The molecule has 0 aromatic rings. The summed E-state index contributed by atoms with van der Waals surface area (Å²) in [5.74, 6) is 1.91. The fourth-order valence-electron chi connectivity index (χ4n) is 2.83. The molecular weight excluding hydrogens is 264 g/mol. The van der Waals surface area contributed by atoms with Gasteiger partial charge in [0.15, 0.2) is 0 Å². The topological polar surface area (TPSA) is 40.6 Å². The van der Waals surface area contributed by atoms with Crippen molar-refractivity contribution < 1.29 is 9.59 Å². The van der Waals surface area contributed by atoms with E-state index in [-0.39, 0.29) is 0 Å². The summed E-state index contributed by atoms with van der Waals surface area (Å²) in [6, 6.07) is 0. The van der Waals surface area contributed by atoms with Crippen LogP contribution in [0.3, 0.4) is 0 Å². The number of nitrogens with zero attached hydrogens (tertiary/aromatic N) is 2. The first-order valence-electron chi connectivity index (χ1n) is 8.45. The molecule has 0 saturated carbocycles. The van der Waals surface area contributed by atoms with Gasteiger partial charge in [0.05, 0.1) is 0 Å². The van der Waals surface area contributed by atoms with Crippen LogP contribution in [0.5, 0.6) is 0 Å². The molecule has 2 amide bonds. The van der Waals surface area contributed by atoms with Crippen molar-refractivity contribution in [3.8, 4) is 0 Å². The molecule has 0 N–H and O–H groups in total. The second-order valence-corrected chi connectivity index (χ2v) is 7.03. The zero-order valence-corrected chi connectivity index (χ0v) is 14.2. The fraction of sp³-hybridized carbons (Fsp3) is 0.882. The average molecular weight is 296 g/mol. The molecule has 0 aromatic heterocycles. The average Bonchev–Trinajstić information content (AvgIpc) is 2.77. The van der Waals surface area contributed by atoms with Crippen molar-refractivity contribution in [3.63, 3.8) is 0 Å². The van der Waals surface area contributed by atoms with Crippen molar-refractivity contribution >= 4 is 11.8 Å². The lowest BCUT2D eigenvalue weighted by molar-refractivity contribution is -0.133. The third kappa shape index (κ3) is 6.96. The zero-order valence-electron chi connectivity index (χ0n) is 14.2. The van der Waals surface area contributed by atoms with Crippen LogP contribution in [0.15, 0.2) is 0 Å². The van der Waals surface area contributed by atoms with Crippen molar-refractivity contribution in [2.24, 2.45) is 11.8 Å². The molecule has 2 heterocycles. The molecule has 4 heteroatoms. The summed E-state index contributed by atoms with van der Waals surface area (Å²) in [5.41, 5.74) is 0. The summed E-state index contributed by atoms with van der Waals surface area (Å²) < 4.78 is 0. The molecule has 2 saturated heterocycles. The summed E-state index contributed by atoms with van der Waals surface area (Å²) in [6.45, 7) is 12.5. The Morgan fingerprint density at radius 2 is 1.19 bits per heavy atom. The Morgan fingerprint density at radius 3 is 1.57 bits per heavy atom. The minimum Gasteiger partial charge on any atom is -0.342 e. The fourth-order valence-corrected chi connectivity index (χ4v) is 2.83. The van der Waals surface area contributed by atoms with Crippen LogP contribution in [0.4, 0.5) is 0 Å². The van der Waals surface area contributed by atoms with Gasteiger partial charge in [0, 0.05) is 39.0 Å². The van der Waals surface area contributed by atoms with Crippen molar-refractivity contribution in [1.29, 1.82) is 0 Å². The molecule has 0 aromatic carbocycles. The van der Waals surface area contributed by atoms with Crippen molar-refractivity contribution in [2.75, 3.05) is 26.2 Å². The first-order valence-corrected chi connectivity index (χ1v) is 8.45. The number of carbonyl (C=O) groups excluding carboxylic acids is 2. The standard InChI is InChI=1S/C9H17NO.C8H15NO/c1-8(2)7-10-6-4-3-5-9(10)11;1-7(2)6-9-5-3-4-8(9)10/h8H,3-7H2,1-2H3;7H,3-6H2,1-2H3. The van der Waals surface area contributed by atoms with Crippen LogP contribution in [0.25, 0.3) is 0 Å². The van der Waals surface area contributed by atoms with Gasteiger partial charge in [-0.1, -0.05) is 27.7 Å². The van der Waals surface area contributed by atoms with Gasteiger partial charge in [-0.25, -0.2) is 0 Å². The van der Waals surface area contributed by atoms with E-state index in [2.05, 4.69) is 27.7 Å². The van der Waals surface area contributed by atoms with Gasteiger partial charge in [-0.05, 0) is 31.1 Å². The van der Waals surface area contributed by atoms with Gasteiger partial charge >= 0.3 is 0 Å². The van der Waals surface area contributed by atoms with E-state index < -0.39 is 0 Å². The van der Waals surface area contributed by atoms with Crippen LogP contribution in [-0.4, -0.2) is 47.8 Å². The molecule has 2 aliphatic heterocycles. The maximum absolute atomic E-state index is 11.3. The number of carbonyl (C=O) groups is 2. The lowest BCUT2D eigenvalue weighted by Crippen LogP contribution is -2.37. The van der Waals surface area contributed by atoms with E-state index in [0.717, 1.165) is 51.9 Å². The van der Waals surface area contributed by atoms with Crippen LogP contribution in [0.1, 0.15) is 59.8 Å². The number of hydrogen-bond donors (Lipinski definition) is 0.